The molecule has 3 nitrogen and oxygen atoms in total. The van der Waals surface area contributed by atoms with Crippen molar-refractivity contribution in [3.05, 3.63) is 29.6 Å². The van der Waals surface area contributed by atoms with Gasteiger partial charge in [-0.2, -0.15) is 0 Å². The number of alkyl halides is 1. The molecule has 0 bridgehead atoms. The largest absolute Gasteiger partial charge is 0.246 e. The van der Waals surface area contributed by atoms with Crippen LogP contribution in [-0.2, 0) is 10.0 Å². The third kappa shape index (κ3) is 2.62. The molecule has 0 amide bonds. The molecule has 1 aliphatic rings. The fourth-order valence-corrected chi connectivity index (χ4v) is 3.52. The zero-order valence-electron chi connectivity index (χ0n) is 8.96. The van der Waals surface area contributed by atoms with Crippen molar-refractivity contribution in [2.24, 2.45) is 0 Å². The Hall–Kier alpha value is -0.790. The summed E-state index contributed by atoms with van der Waals surface area (Å²) in [5, 5.41) is -0.138. The third-order valence-corrected chi connectivity index (χ3v) is 4.56. The van der Waals surface area contributed by atoms with E-state index in [1.54, 1.807) is 0 Å². The van der Waals surface area contributed by atoms with E-state index < -0.39 is 38.4 Å². The molecule has 0 aliphatic heterocycles. The molecule has 1 fully saturated rings. The maximum Gasteiger partial charge on any atom is 0.246 e. The molecule has 0 saturated heterocycles. The lowest BCUT2D eigenvalue weighted by Gasteiger charge is -2.31. The molecule has 2 rings (SSSR count). The first-order valence-electron chi connectivity index (χ1n) is 5.10. The second-order valence-corrected chi connectivity index (χ2v) is 6.35. The van der Waals surface area contributed by atoms with Crippen LogP contribution < -0.4 is 4.72 Å². The summed E-state index contributed by atoms with van der Waals surface area (Å²) in [5.74, 6) is -4.09. The van der Waals surface area contributed by atoms with E-state index in [1.165, 1.54) is 0 Å². The summed E-state index contributed by atoms with van der Waals surface area (Å²) >= 11 is 5.67. The molecule has 1 aliphatic carbocycles. The van der Waals surface area contributed by atoms with Gasteiger partial charge in [0.05, 0.1) is 0 Å². The Bertz CT molecular complexity index is 549. The molecule has 0 radical (unpaired) electrons. The minimum absolute atomic E-state index is 0.138. The van der Waals surface area contributed by atoms with Crippen molar-refractivity contribution >= 4 is 21.6 Å². The lowest BCUT2D eigenvalue weighted by molar-refractivity contribution is 0.388. The van der Waals surface area contributed by atoms with Gasteiger partial charge in [-0.3, -0.25) is 0 Å². The lowest BCUT2D eigenvalue weighted by atomic mass is 9.94. The molecule has 8 heteroatoms. The van der Waals surface area contributed by atoms with Gasteiger partial charge in [-0.1, -0.05) is 0 Å². The van der Waals surface area contributed by atoms with E-state index in [1.807, 2.05) is 0 Å². The van der Waals surface area contributed by atoms with Gasteiger partial charge in [-0.15, -0.1) is 11.6 Å². The predicted molar refractivity (Wildman–Crippen MR) is 59.3 cm³/mol. The summed E-state index contributed by atoms with van der Waals surface area (Å²) in [6, 6.07) is 0.201. The van der Waals surface area contributed by atoms with Crippen molar-refractivity contribution in [1.82, 2.24) is 4.72 Å². The quantitative estimate of drug-likeness (QED) is 0.869. The normalized spacial score (nSPS) is 23.8. The molecule has 1 aromatic carbocycles. The number of rotatable bonds is 3. The SMILES string of the molecule is O=S(=O)(NC1CC(Cl)C1)c1c(F)cc(F)cc1F. The summed E-state index contributed by atoms with van der Waals surface area (Å²) in [6.07, 6.45) is 0.788. The zero-order valence-corrected chi connectivity index (χ0v) is 10.5. The Balaban J connectivity index is 2.30. The predicted octanol–water partition coefficient (Wildman–Crippen LogP) is 2.15. The molecule has 1 N–H and O–H groups in total. The van der Waals surface area contributed by atoms with Gasteiger partial charge in [0.25, 0.3) is 0 Å². The van der Waals surface area contributed by atoms with E-state index in [0.717, 1.165) is 0 Å². The van der Waals surface area contributed by atoms with Crippen molar-refractivity contribution in [1.29, 1.82) is 0 Å². The Kier molecular flexibility index (Phi) is 3.57. The van der Waals surface area contributed by atoms with Gasteiger partial charge in [0.1, 0.15) is 17.5 Å². The molecule has 1 aromatic rings. The molecule has 1 saturated carbocycles. The average molecular weight is 300 g/mol. The van der Waals surface area contributed by atoms with Crippen LogP contribution in [0.25, 0.3) is 0 Å². The summed E-state index contributed by atoms with van der Waals surface area (Å²) < 4.78 is 64.9. The number of nitrogens with one attached hydrogen (secondary N) is 1. The topological polar surface area (TPSA) is 46.2 Å². The highest BCUT2D eigenvalue weighted by molar-refractivity contribution is 7.89. The number of benzene rings is 1. The molecule has 18 heavy (non-hydrogen) atoms. The van der Waals surface area contributed by atoms with Gasteiger partial charge >= 0.3 is 0 Å². The van der Waals surface area contributed by atoms with Crippen LogP contribution >= 0.6 is 11.6 Å². The van der Waals surface area contributed by atoms with Crippen LogP contribution in [0.15, 0.2) is 17.0 Å². The van der Waals surface area contributed by atoms with Crippen molar-refractivity contribution in [3.8, 4) is 0 Å². The second-order valence-electron chi connectivity index (χ2n) is 4.09. The van der Waals surface area contributed by atoms with E-state index in [-0.39, 0.29) is 5.38 Å². The number of halogens is 4. The fraction of sp³-hybridized carbons (Fsp3) is 0.400. The number of hydrogen-bond acceptors (Lipinski definition) is 2. The smallest absolute Gasteiger partial charge is 0.208 e. The molecular formula is C10H9ClF3NO2S. The van der Waals surface area contributed by atoms with Gasteiger partial charge in [0.2, 0.25) is 10.0 Å². The lowest BCUT2D eigenvalue weighted by Crippen LogP contribution is -2.45. The summed E-state index contributed by atoms with van der Waals surface area (Å²) in [4.78, 5) is -1.16. The highest BCUT2D eigenvalue weighted by atomic mass is 35.5. The molecule has 0 unspecified atom stereocenters. The summed E-state index contributed by atoms with van der Waals surface area (Å²) in [7, 11) is -4.35. The van der Waals surface area contributed by atoms with Crippen LogP contribution in [0.1, 0.15) is 12.8 Å². The molecular weight excluding hydrogens is 291 g/mol. The maximum absolute atomic E-state index is 13.3. The van der Waals surface area contributed by atoms with Gasteiger partial charge in [-0.05, 0) is 12.8 Å². The first kappa shape index (κ1) is 13.6. The second kappa shape index (κ2) is 4.71. The standard InChI is InChI=1S/C10H9ClF3NO2S/c11-5-1-7(2-5)15-18(16,17)10-8(13)3-6(12)4-9(10)14/h3-5,7,15H,1-2H2. The van der Waals surface area contributed by atoms with Gasteiger partial charge < -0.3 is 0 Å². The summed E-state index contributed by atoms with van der Waals surface area (Å²) in [6.45, 7) is 0. The van der Waals surface area contributed by atoms with Crippen LogP contribution in [0.4, 0.5) is 13.2 Å². The van der Waals surface area contributed by atoms with E-state index in [9.17, 15) is 21.6 Å². The van der Waals surface area contributed by atoms with Crippen molar-refractivity contribution in [2.75, 3.05) is 0 Å². The van der Waals surface area contributed by atoms with Gasteiger partial charge in [0, 0.05) is 23.6 Å². The van der Waals surface area contributed by atoms with E-state index in [0.29, 0.717) is 25.0 Å². The molecule has 0 spiro atoms. The van der Waals surface area contributed by atoms with Gasteiger partial charge in [0.15, 0.2) is 4.90 Å². The number of sulfonamides is 1. The number of hydrogen-bond donors (Lipinski definition) is 1. The van der Waals surface area contributed by atoms with E-state index in [4.69, 9.17) is 11.6 Å². The Labute approximate surface area is 107 Å². The first-order valence-corrected chi connectivity index (χ1v) is 7.02. The van der Waals surface area contributed by atoms with E-state index >= 15 is 0 Å². The van der Waals surface area contributed by atoms with Crippen LogP contribution in [0.5, 0.6) is 0 Å². The van der Waals surface area contributed by atoms with Crippen molar-refractivity contribution < 1.29 is 21.6 Å². The average Bonchev–Trinajstić information content (AvgIpc) is 2.11. The zero-order chi connectivity index (χ0) is 13.5. The highest BCUT2D eigenvalue weighted by Gasteiger charge is 2.34. The van der Waals surface area contributed by atoms with Crippen LogP contribution in [0.3, 0.4) is 0 Å². The Morgan fingerprint density at radius 2 is 1.67 bits per heavy atom. The third-order valence-electron chi connectivity index (χ3n) is 2.63. The van der Waals surface area contributed by atoms with Crippen molar-refractivity contribution in [2.45, 2.75) is 29.2 Å². The van der Waals surface area contributed by atoms with Crippen LogP contribution in [-0.4, -0.2) is 19.8 Å². The van der Waals surface area contributed by atoms with Crippen LogP contribution in [0.2, 0.25) is 0 Å². The van der Waals surface area contributed by atoms with Gasteiger partial charge in [-0.25, -0.2) is 26.3 Å². The Morgan fingerprint density at radius 3 is 2.11 bits per heavy atom. The first-order chi connectivity index (χ1) is 8.29. The molecule has 100 valence electrons. The molecule has 0 aromatic heterocycles. The minimum atomic E-state index is -4.35. The fourth-order valence-electron chi connectivity index (χ4n) is 1.71. The highest BCUT2D eigenvalue weighted by Crippen LogP contribution is 2.28. The summed E-state index contributed by atoms with van der Waals surface area (Å²) in [5.41, 5.74) is 0. The molecule has 0 atom stereocenters. The minimum Gasteiger partial charge on any atom is -0.208 e. The van der Waals surface area contributed by atoms with E-state index in [2.05, 4.69) is 4.72 Å². The molecule has 0 heterocycles. The monoisotopic (exact) mass is 299 g/mol. The van der Waals surface area contributed by atoms with Crippen LogP contribution in [0, 0.1) is 17.5 Å². The Morgan fingerprint density at radius 1 is 1.17 bits per heavy atom. The maximum atomic E-state index is 13.3. The van der Waals surface area contributed by atoms with Crippen molar-refractivity contribution in [3.63, 3.8) is 0 Å².